The molecule has 4 nitrogen and oxygen atoms in total. The normalized spacial score (nSPS) is 48.5. The van der Waals surface area contributed by atoms with Crippen LogP contribution < -0.4 is 0 Å². The molecule has 0 aromatic rings. The van der Waals surface area contributed by atoms with E-state index < -0.39 is 12.1 Å². The first-order valence-corrected chi connectivity index (χ1v) is 22.0. The number of rotatable bonds is 6. The fraction of sp³-hybridized carbons (Fsp3) is 0.933. The van der Waals surface area contributed by atoms with E-state index in [9.17, 15) is 9.13 Å². The maximum Gasteiger partial charge on any atom is 0.380 e. The molecule has 0 amide bonds. The summed E-state index contributed by atoms with van der Waals surface area (Å²) in [5.74, 6) is 2.47. The van der Waals surface area contributed by atoms with Gasteiger partial charge in [0.1, 0.15) is 0 Å². The van der Waals surface area contributed by atoms with Crippen LogP contribution in [0.3, 0.4) is 0 Å². The van der Waals surface area contributed by atoms with E-state index >= 15 is 0 Å². The van der Waals surface area contributed by atoms with Crippen molar-refractivity contribution in [3.63, 3.8) is 0 Å². The highest BCUT2D eigenvalue weighted by atomic mass is 35.9. The van der Waals surface area contributed by atoms with Crippen molar-refractivity contribution in [3.8, 4) is 0 Å². The van der Waals surface area contributed by atoms with Gasteiger partial charge in [0.2, 0.25) is 0 Å². The minimum absolute atomic E-state index is 0.0496. The standard InChI is InChI=1S/C30H48Cl4O4P2/c1-19(2)20-10-15-30(18-37-39(31,32)35)17-16-28(6)21(25(20)30)8-9-23-27(5)13-12-24(38-40(33,34)36)26(3,4)22(27)11-14-29(23,28)7/h20-25H,1,8-18H2,2-7H3/t20-,21+,22-,23+,24-,25+,27-,28+,29+,30+/m0/s1. The summed E-state index contributed by atoms with van der Waals surface area (Å²) in [5, 5.41) is 0. The monoisotopic (exact) mass is 674 g/mol. The summed E-state index contributed by atoms with van der Waals surface area (Å²) in [6.07, 6.45) is 3.48. The number of allylic oxidation sites excluding steroid dienone is 1. The maximum absolute atomic E-state index is 12.2. The molecule has 0 aromatic heterocycles. The molecule has 0 heterocycles. The summed E-state index contributed by atoms with van der Waals surface area (Å²) < 4.78 is 36.0. The Balaban J connectivity index is 1.49. The minimum atomic E-state index is -3.61. The summed E-state index contributed by atoms with van der Waals surface area (Å²) in [7, 11) is 0. The van der Waals surface area contributed by atoms with Crippen LogP contribution in [0.25, 0.3) is 0 Å². The smallest absolute Gasteiger partial charge is 0.306 e. The zero-order valence-corrected chi connectivity index (χ0v) is 29.8. The van der Waals surface area contributed by atoms with Gasteiger partial charge in [-0.3, -0.25) is 9.13 Å². The molecule has 0 N–H and O–H groups in total. The van der Waals surface area contributed by atoms with Crippen molar-refractivity contribution in [2.45, 2.75) is 112 Å². The van der Waals surface area contributed by atoms with Gasteiger partial charge in [-0.2, -0.15) is 0 Å². The van der Waals surface area contributed by atoms with E-state index in [-0.39, 0.29) is 33.2 Å². The van der Waals surface area contributed by atoms with E-state index in [1.807, 2.05) is 0 Å². The Bertz CT molecular complexity index is 1140. The van der Waals surface area contributed by atoms with Crippen molar-refractivity contribution in [3.05, 3.63) is 12.2 Å². The average molecular weight is 676 g/mol. The third-order valence-electron chi connectivity index (χ3n) is 13.9. The fourth-order valence-corrected chi connectivity index (χ4v) is 14.0. The molecule has 230 valence electrons. The summed E-state index contributed by atoms with van der Waals surface area (Å²) >= 11 is 23.7. The van der Waals surface area contributed by atoms with Crippen LogP contribution in [0.5, 0.6) is 0 Å². The summed E-state index contributed by atoms with van der Waals surface area (Å²) in [6.45, 7) is 19.3. The fourth-order valence-electron chi connectivity index (χ4n) is 12.1. The van der Waals surface area contributed by atoms with Crippen LogP contribution in [0, 0.1) is 56.7 Å². The van der Waals surface area contributed by atoms with E-state index in [1.165, 1.54) is 24.8 Å². The predicted molar refractivity (Wildman–Crippen MR) is 168 cm³/mol. The van der Waals surface area contributed by atoms with Gasteiger partial charge in [0.05, 0.1) is 12.7 Å². The largest absolute Gasteiger partial charge is 0.380 e. The summed E-state index contributed by atoms with van der Waals surface area (Å²) in [5.41, 5.74) is 1.58. The molecular weight excluding hydrogens is 628 g/mol. The molecular formula is C30H48Cl4O4P2. The van der Waals surface area contributed by atoms with Gasteiger partial charge >= 0.3 is 12.1 Å². The molecule has 5 saturated carbocycles. The molecule has 0 saturated heterocycles. The Morgan fingerprint density at radius 1 is 0.800 bits per heavy atom. The van der Waals surface area contributed by atoms with Gasteiger partial charge in [-0.15, -0.1) is 0 Å². The van der Waals surface area contributed by atoms with Gasteiger partial charge in [-0.1, -0.05) is 46.8 Å². The second kappa shape index (κ2) is 10.4. The number of hydrogen-bond donors (Lipinski definition) is 0. The van der Waals surface area contributed by atoms with E-state index in [2.05, 4.69) is 48.1 Å². The molecule has 5 rings (SSSR count). The van der Waals surface area contributed by atoms with Crippen LogP contribution in [0.15, 0.2) is 12.2 Å². The van der Waals surface area contributed by atoms with Gasteiger partial charge in [-0.25, -0.2) is 0 Å². The van der Waals surface area contributed by atoms with Crippen molar-refractivity contribution >= 4 is 57.1 Å². The van der Waals surface area contributed by atoms with Crippen molar-refractivity contribution in [1.82, 2.24) is 0 Å². The predicted octanol–water partition coefficient (Wildman–Crippen LogP) is 12.2. The number of halogens is 4. The Hall–Kier alpha value is 1.28. The lowest BCUT2D eigenvalue weighted by Gasteiger charge is -2.73. The van der Waals surface area contributed by atoms with Crippen LogP contribution in [-0.2, 0) is 18.2 Å². The molecule has 0 spiro atoms. The molecule has 0 unspecified atom stereocenters. The van der Waals surface area contributed by atoms with Crippen LogP contribution in [0.1, 0.15) is 106 Å². The van der Waals surface area contributed by atoms with E-state index in [0.717, 1.165) is 44.9 Å². The second-order valence-corrected chi connectivity index (χ2v) is 24.1. The van der Waals surface area contributed by atoms with Crippen LogP contribution >= 0.6 is 57.1 Å². The summed E-state index contributed by atoms with van der Waals surface area (Å²) in [4.78, 5) is 0. The number of fused-ring (bicyclic) bond motifs is 7. The highest BCUT2D eigenvalue weighted by Gasteiger charge is 2.71. The number of hydrogen-bond acceptors (Lipinski definition) is 4. The molecule has 0 radical (unpaired) electrons. The van der Waals surface area contributed by atoms with E-state index in [4.69, 9.17) is 54.0 Å². The van der Waals surface area contributed by atoms with E-state index in [0.29, 0.717) is 36.2 Å². The van der Waals surface area contributed by atoms with Gasteiger partial charge in [-0.05, 0) is 173 Å². The SMILES string of the molecule is C=C(C)[C@@H]1CC[C@]2(COP(=O)(Cl)Cl)CC[C@]3(C)[C@H](CC[C@@H]4[C@@]5(C)CC[C@H](OP(=O)(Cl)Cl)C(C)(C)[C@@H]5CC[C@]43C)[C@@H]12. The molecule has 5 aliphatic carbocycles. The van der Waals surface area contributed by atoms with Gasteiger partial charge in [0.25, 0.3) is 0 Å². The van der Waals surface area contributed by atoms with Gasteiger partial charge in [0, 0.05) is 0 Å². The lowest BCUT2D eigenvalue weighted by molar-refractivity contribution is -0.246. The summed E-state index contributed by atoms with van der Waals surface area (Å²) in [6, 6.07) is 0. The molecule has 40 heavy (non-hydrogen) atoms. The highest BCUT2D eigenvalue weighted by molar-refractivity contribution is 8.05. The molecule has 0 aliphatic heterocycles. The third kappa shape index (κ3) is 5.10. The zero-order valence-electron chi connectivity index (χ0n) is 25.0. The molecule has 10 atom stereocenters. The van der Waals surface area contributed by atoms with E-state index in [1.54, 1.807) is 0 Å². The molecule has 0 aromatic carbocycles. The van der Waals surface area contributed by atoms with Crippen molar-refractivity contribution < 1.29 is 18.2 Å². The van der Waals surface area contributed by atoms with Gasteiger partial charge < -0.3 is 9.05 Å². The molecule has 5 fully saturated rings. The van der Waals surface area contributed by atoms with Crippen LogP contribution in [0.2, 0.25) is 0 Å². The van der Waals surface area contributed by atoms with Crippen LogP contribution in [0.4, 0.5) is 0 Å². The Morgan fingerprint density at radius 3 is 2.08 bits per heavy atom. The van der Waals surface area contributed by atoms with Crippen molar-refractivity contribution in [2.75, 3.05) is 6.61 Å². The lowest BCUT2D eigenvalue weighted by Crippen LogP contribution is -2.66. The maximum atomic E-state index is 12.2. The van der Waals surface area contributed by atoms with Crippen molar-refractivity contribution in [1.29, 1.82) is 0 Å². The first-order chi connectivity index (χ1) is 18.2. The second-order valence-electron chi connectivity index (χ2n) is 15.6. The van der Waals surface area contributed by atoms with Gasteiger partial charge in [0.15, 0.2) is 0 Å². The Kier molecular flexibility index (Phi) is 8.50. The topological polar surface area (TPSA) is 52.6 Å². The Labute approximate surface area is 261 Å². The quantitative estimate of drug-likeness (QED) is 0.208. The zero-order chi connectivity index (χ0) is 29.7. The lowest BCUT2D eigenvalue weighted by atomic mass is 9.32. The highest BCUT2D eigenvalue weighted by Crippen LogP contribution is 2.78. The first kappa shape index (κ1) is 32.7. The molecule has 0 bridgehead atoms. The Morgan fingerprint density at radius 2 is 1.48 bits per heavy atom. The average Bonchev–Trinajstić information content (AvgIpc) is 3.19. The molecule has 5 aliphatic rings. The minimum Gasteiger partial charge on any atom is -0.306 e. The molecule has 10 heteroatoms. The van der Waals surface area contributed by atoms with Crippen LogP contribution in [-0.4, -0.2) is 12.7 Å². The first-order valence-electron chi connectivity index (χ1n) is 15.2. The third-order valence-corrected chi connectivity index (χ3v) is 15.9. The van der Waals surface area contributed by atoms with Crippen molar-refractivity contribution in [2.24, 2.45) is 56.7 Å².